The van der Waals surface area contributed by atoms with Crippen molar-refractivity contribution in [1.82, 2.24) is 0 Å². The molecule has 0 fully saturated rings. The van der Waals surface area contributed by atoms with Crippen molar-refractivity contribution in [2.24, 2.45) is 5.73 Å². The second kappa shape index (κ2) is 8.50. The third kappa shape index (κ3) is 5.52. The molecule has 17 heavy (non-hydrogen) atoms. The van der Waals surface area contributed by atoms with Gasteiger partial charge in [-0.25, -0.2) is 0 Å². The second-order valence-electron chi connectivity index (χ2n) is 3.96. The van der Waals surface area contributed by atoms with Gasteiger partial charge in [-0.2, -0.15) is 0 Å². The van der Waals surface area contributed by atoms with E-state index in [9.17, 15) is 0 Å². The number of aliphatic hydroxyl groups excluding tert-OH is 1. The van der Waals surface area contributed by atoms with Gasteiger partial charge in [-0.1, -0.05) is 12.5 Å². The van der Waals surface area contributed by atoms with Crippen LogP contribution in [0.15, 0.2) is 22.7 Å². The quantitative estimate of drug-likeness (QED) is 0.726. The summed E-state index contributed by atoms with van der Waals surface area (Å²) in [5.74, 6) is 0.865. The Morgan fingerprint density at radius 2 is 1.94 bits per heavy atom. The van der Waals surface area contributed by atoms with Crippen molar-refractivity contribution >= 4 is 15.9 Å². The molecule has 0 unspecified atom stereocenters. The monoisotopic (exact) mass is 301 g/mol. The standard InChI is InChI=1S/C13H20BrNO2/c14-12-9-11(10-15)5-6-13(12)17-8-4-2-1-3-7-16/h5-6,9,16H,1-4,7-8,10,15H2. The first-order valence-corrected chi connectivity index (χ1v) is 6.79. The van der Waals surface area contributed by atoms with E-state index in [1.165, 1.54) is 0 Å². The number of rotatable bonds is 8. The minimum absolute atomic E-state index is 0.285. The number of unbranched alkanes of at least 4 members (excludes halogenated alkanes) is 3. The molecule has 0 aliphatic heterocycles. The molecule has 0 aromatic heterocycles. The van der Waals surface area contributed by atoms with Crippen LogP contribution >= 0.6 is 15.9 Å². The highest BCUT2D eigenvalue weighted by atomic mass is 79.9. The summed E-state index contributed by atoms with van der Waals surface area (Å²) < 4.78 is 6.62. The van der Waals surface area contributed by atoms with E-state index in [2.05, 4.69) is 15.9 Å². The maximum Gasteiger partial charge on any atom is 0.133 e. The summed E-state index contributed by atoms with van der Waals surface area (Å²) >= 11 is 3.47. The third-order valence-electron chi connectivity index (χ3n) is 2.54. The molecule has 3 nitrogen and oxygen atoms in total. The van der Waals surface area contributed by atoms with Crippen LogP contribution in [0.1, 0.15) is 31.2 Å². The number of nitrogens with two attached hydrogens (primary N) is 1. The molecular formula is C13H20BrNO2. The predicted octanol–water partition coefficient (Wildman–Crippen LogP) is 2.84. The lowest BCUT2D eigenvalue weighted by Crippen LogP contribution is -2.00. The van der Waals surface area contributed by atoms with Crippen LogP contribution in [0.5, 0.6) is 5.75 Å². The first kappa shape index (κ1) is 14.5. The number of aliphatic hydroxyl groups is 1. The minimum Gasteiger partial charge on any atom is -0.492 e. The summed E-state index contributed by atoms with van der Waals surface area (Å²) in [4.78, 5) is 0. The van der Waals surface area contributed by atoms with Crippen LogP contribution < -0.4 is 10.5 Å². The van der Waals surface area contributed by atoms with E-state index in [4.69, 9.17) is 15.6 Å². The lowest BCUT2D eigenvalue weighted by atomic mass is 10.2. The molecule has 0 saturated heterocycles. The van der Waals surface area contributed by atoms with Gasteiger partial charge in [0.2, 0.25) is 0 Å². The van der Waals surface area contributed by atoms with Gasteiger partial charge in [-0.15, -0.1) is 0 Å². The Labute approximate surface area is 111 Å². The number of benzene rings is 1. The van der Waals surface area contributed by atoms with E-state index in [1.807, 2.05) is 18.2 Å². The van der Waals surface area contributed by atoms with Crippen molar-refractivity contribution in [2.75, 3.05) is 13.2 Å². The number of ether oxygens (including phenoxy) is 1. The van der Waals surface area contributed by atoms with Crippen LogP contribution in [0, 0.1) is 0 Å². The number of hydrogen-bond donors (Lipinski definition) is 2. The van der Waals surface area contributed by atoms with Crippen LogP contribution in [-0.4, -0.2) is 18.3 Å². The molecule has 1 aromatic carbocycles. The predicted molar refractivity (Wildman–Crippen MR) is 73.1 cm³/mol. The van der Waals surface area contributed by atoms with Crippen molar-refractivity contribution in [2.45, 2.75) is 32.2 Å². The summed E-state index contributed by atoms with van der Waals surface area (Å²) in [6.07, 6.45) is 4.06. The average molecular weight is 302 g/mol. The normalized spacial score (nSPS) is 10.5. The lowest BCUT2D eigenvalue weighted by Gasteiger charge is -2.09. The van der Waals surface area contributed by atoms with Gasteiger partial charge in [-0.05, 0) is 52.9 Å². The highest BCUT2D eigenvalue weighted by Crippen LogP contribution is 2.26. The first-order valence-electron chi connectivity index (χ1n) is 6.00. The molecule has 1 rings (SSSR count). The third-order valence-corrected chi connectivity index (χ3v) is 3.16. The molecule has 0 aliphatic carbocycles. The van der Waals surface area contributed by atoms with E-state index < -0.39 is 0 Å². The highest BCUT2D eigenvalue weighted by molar-refractivity contribution is 9.10. The van der Waals surface area contributed by atoms with Crippen LogP contribution in [0.2, 0.25) is 0 Å². The molecule has 3 N–H and O–H groups in total. The summed E-state index contributed by atoms with van der Waals surface area (Å²) in [6.45, 7) is 1.54. The fraction of sp³-hybridized carbons (Fsp3) is 0.538. The summed E-state index contributed by atoms with van der Waals surface area (Å²) in [6, 6.07) is 5.91. The minimum atomic E-state index is 0.285. The van der Waals surface area contributed by atoms with Crippen LogP contribution in [0.25, 0.3) is 0 Å². The second-order valence-corrected chi connectivity index (χ2v) is 4.81. The van der Waals surface area contributed by atoms with Gasteiger partial charge >= 0.3 is 0 Å². The molecule has 0 aliphatic rings. The number of halogens is 1. The zero-order valence-electron chi connectivity index (χ0n) is 9.99. The molecule has 0 radical (unpaired) electrons. The maximum atomic E-state index is 8.64. The Morgan fingerprint density at radius 3 is 2.59 bits per heavy atom. The first-order chi connectivity index (χ1) is 8.27. The number of hydrogen-bond acceptors (Lipinski definition) is 3. The molecule has 0 heterocycles. The largest absolute Gasteiger partial charge is 0.492 e. The molecule has 0 atom stereocenters. The molecule has 0 spiro atoms. The van der Waals surface area contributed by atoms with Crippen molar-refractivity contribution in [1.29, 1.82) is 0 Å². The van der Waals surface area contributed by atoms with Gasteiger partial charge < -0.3 is 15.6 Å². The molecule has 0 saturated carbocycles. The van der Waals surface area contributed by atoms with Gasteiger partial charge in [0.25, 0.3) is 0 Å². The fourth-order valence-corrected chi connectivity index (χ4v) is 2.08. The van der Waals surface area contributed by atoms with Crippen molar-refractivity contribution in [3.05, 3.63) is 28.2 Å². The molecular weight excluding hydrogens is 282 g/mol. The maximum absolute atomic E-state index is 8.64. The Balaban J connectivity index is 2.27. The van der Waals surface area contributed by atoms with E-state index in [-0.39, 0.29) is 6.61 Å². The Morgan fingerprint density at radius 1 is 1.18 bits per heavy atom. The lowest BCUT2D eigenvalue weighted by molar-refractivity contribution is 0.273. The van der Waals surface area contributed by atoms with Crippen LogP contribution in [0.3, 0.4) is 0 Å². The molecule has 96 valence electrons. The van der Waals surface area contributed by atoms with Crippen molar-refractivity contribution < 1.29 is 9.84 Å². The molecule has 0 bridgehead atoms. The highest BCUT2D eigenvalue weighted by Gasteiger charge is 2.01. The zero-order valence-corrected chi connectivity index (χ0v) is 11.6. The smallest absolute Gasteiger partial charge is 0.133 e. The summed E-state index contributed by atoms with van der Waals surface area (Å²) in [7, 11) is 0. The molecule has 4 heteroatoms. The van der Waals surface area contributed by atoms with E-state index >= 15 is 0 Å². The van der Waals surface area contributed by atoms with Gasteiger partial charge in [0.15, 0.2) is 0 Å². The van der Waals surface area contributed by atoms with Gasteiger partial charge in [0.1, 0.15) is 5.75 Å². The van der Waals surface area contributed by atoms with Gasteiger partial charge in [0, 0.05) is 13.2 Å². The van der Waals surface area contributed by atoms with Crippen LogP contribution in [0.4, 0.5) is 0 Å². The van der Waals surface area contributed by atoms with E-state index in [0.717, 1.165) is 41.5 Å². The SMILES string of the molecule is NCc1ccc(OCCCCCCO)c(Br)c1. The topological polar surface area (TPSA) is 55.5 Å². The zero-order chi connectivity index (χ0) is 12.5. The summed E-state index contributed by atoms with van der Waals surface area (Å²) in [5, 5.41) is 8.64. The Bertz CT molecular complexity index is 331. The van der Waals surface area contributed by atoms with E-state index in [0.29, 0.717) is 13.2 Å². The van der Waals surface area contributed by atoms with Crippen molar-refractivity contribution in [3.63, 3.8) is 0 Å². The Hall–Kier alpha value is -0.580. The molecule has 1 aromatic rings. The van der Waals surface area contributed by atoms with Crippen LogP contribution in [-0.2, 0) is 6.54 Å². The Kier molecular flexibility index (Phi) is 7.24. The fourth-order valence-electron chi connectivity index (χ4n) is 1.54. The molecule has 0 amide bonds. The summed E-state index contributed by atoms with van der Waals surface area (Å²) in [5.41, 5.74) is 6.64. The van der Waals surface area contributed by atoms with E-state index in [1.54, 1.807) is 0 Å². The van der Waals surface area contributed by atoms with Gasteiger partial charge in [0.05, 0.1) is 11.1 Å². The van der Waals surface area contributed by atoms with Crippen molar-refractivity contribution in [3.8, 4) is 5.75 Å². The average Bonchev–Trinajstić information content (AvgIpc) is 2.35. The van der Waals surface area contributed by atoms with Gasteiger partial charge in [-0.3, -0.25) is 0 Å².